The Labute approximate surface area is 145 Å². The van der Waals surface area contributed by atoms with Crippen LogP contribution in [0.5, 0.6) is 0 Å². The Balaban J connectivity index is 2.47. The predicted octanol–water partition coefficient (Wildman–Crippen LogP) is -0.350. The van der Waals surface area contributed by atoms with Crippen LogP contribution in [0, 0.1) is 17.8 Å². The van der Waals surface area contributed by atoms with E-state index in [1.165, 1.54) is 0 Å². The molecule has 0 saturated heterocycles. The first-order valence-electron chi connectivity index (χ1n) is 7.58. The Morgan fingerprint density at radius 2 is 1.56 bits per heavy atom. The van der Waals surface area contributed by atoms with Crippen LogP contribution < -0.4 is 0 Å². The van der Waals surface area contributed by atoms with E-state index in [2.05, 4.69) is 4.74 Å². The fourth-order valence-electron chi connectivity index (χ4n) is 4.20. The fourth-order valence-corrected chi connectivity index (χ4v) is 6.85. The minimum atomic E-state index is -4.69. The lowest BCUT2D eigenvalue weighted by Gasteiger charge is -2.47. The first kappa shape index (κ1) is 20.1. The molecular weight excluding hydrogens is 380 g/mol. The van der Waals surface area contributed by atoms with Crippen LogP contribution in [0.1, 0.15) is 25.7 Å². The van der Waals surface area contributed by atoms with Gasteiger partial charge in [0.05, 0.1) is 23.5 Å². The second kappa shape index (κ2) is 7.17. The van der Waals surface area contributed by atoms with Crippen LogP contribution in [0.15, 0.2) is 0 Å². The maximum atomic E-state index is 11.8. The van der Waals surface area contributed by atoms with Gasteiger partial charge in [-0.25, -0.2) is 0 Å². The van der Waals surface area contributed by atoms with Gasteiger partial charge in [-0.15, -0.1) is 0 Å². The van der Waals surface area contributed by atoms with Crippen LogP contribution in [0.4, 0.5) is 0 Å². The normalized spacial score (nSPS) is 36.1. The molecule has 0 amide bonds. The monoisotopic (exact) mass is 400 g/mol. The Bertz CT molecular complexity index is 728. The van der Waals surface area contributed by atoms with Gasteiger partial charge >= 0.3 is 5.97 Å². The summed E-state index contributed by atoms with van der Waals surface area (Å²) in [6.07, 6.45) is -1.21. The van der Waals surface area contributed by atoms with Crippen molar-refractivity contribution < 1.29 is 45.0 Å². The summed E-state index contributed by atoms with van der Waals surface area (Å²) in [6, 6.07) is 0. The highest BCUT2D eigenvalue weighted by Crippen LogP contribution is 2.48. The van der Waals surface area contributed by atoms with Crippen molar-refractivity contribution in [2.45, 2.75) is 42.3 Å². The number of hydrogen-bond donors (Lipinski definition) is 2. The molecular formula is C13H20O10S2. The number of ether oxygens (including phenoxy) is 2. The molecule has 0 heterocycles. The number of hydrogen-bond acceptors (Lipinski definition) is 8. The van der Waals surface area contributed by atoms with Crippen molar-refractivity contribution in [3.8, 4) is 0 Å². The Morgan fingerprint density at radius 3 is 2.04 bits per heavy atom. The molecule has 2 N–H and O–H groups in total. The van der Waals surface area contributed by atoms with E-state index in [1.54, 1.807) is 0 Å². The number of fused-ring (bicyclic) bond motifs is 1. The maximum absolute atomic E-state index is 11.8. The van der Waals surface area contributed by atoms with Gasteiger partial charge in [0.2, 0.25) is 0 Å². The van der Waals surface area contributed by atoms with E-state index in [0.29, 0.717) is 0 Å². The van der Waals surface area contributed by atoms with E-state index >= 15 is 0 Å². The fraction of sp³-hybridized carbons (Fsp3) is 0.846. The molecule has 2 rings (SSSR count). The highest BCUT2D eigenvalue weighted by atomic mass is 32.2. The molecule has 0 spiro atoms. The molecule has 10 nitrogen and oxygen atoms in total. The zero-order valence-corrected chi connectivity index (χ0v) is 15.0. The molecule has 2 aliphatic rings. The molecule has 0 bridgehead atoms. The standard InChI is InChI=1S/C13H20O10S2/c1-22-13(15)8-2-7-3-9(23-6-14)5-11(25(19,20)21)12(7)10(4-8)24(16,17)18/h6-12H,2-5H2,1H3,(H,16,17,18)(H,19,20,21). The molecule has 2 fully saturated rings. The quantitative estimate of drug-likeness (QED) is 0.354. The molecule has 0 radical (unpaired) electrons. The second-order valence-corrected chi connectivity index (χ2v) is 9.73. The van der Waals surface area contributed by atoms with E-state index in [0.717, 1.165) is 7.11 Å². The number of methoxy groups -OCH3 is 1. The third kappa shape index (κ3) is 4.30. The lowest BCUT2D eigenvalue weighted by atomic mass is 9.66. The van der Waals surface area contributed by atoms with Gasteiger partial charge in [-0.2, -0.15) is 16.8 Å². The van der Waals surface area contributed by atoms with Crippen molar-refractivity contribution in [1.29, 1.82) is 0 Å². The van der Waals surface area contributed by atoms with Crippen molar-refractivity contribution in [3.05, 3.63) is 0 Å². The summed E-state index contributed by atoms with van der Waals surface area (Å²) in [5, 5.41) is -3.07. The second-order valence-electron chi connectivity index (χ2n) is 6.46. The molecule has 144 valence electrons. The molecule has 2 aliphatic carbocycles. The molecule has 6 atom stereocenters. The first-order valence-corrected chi connectivity index (χ1v) is 10.6. The van der Waals surface area contributed by atoms with E-state index in [9.17, 15) is 35.5 Å². The van der Waals surface area contributed by atoms with Gasteiger partial charge in [-0.1, -0.05) is 0 Å². The summed E-state index contributed by atoms with van der Waals surface area (Å²) >= 11 is 0. The van der Waals surface area contributed by atoms with Crippen LogP contribution >= 0.6 is 0 Å². The maximum Gasteiger partial charge on any atom is 0.308 e. The van der Waals surface area contributed by atoms with Crippen molar-refractivity contribution in [1.82, 2.24) is 0 Å². The lowest BCUT2D eigenvalue weighted by molar-refractivity contribution is -0.149. The molecule has 25 heavy (non-hydrogen) atoms. The van der Waals surface area contributed by atoms with Crippen molar-refractivity contribution in [3.63, 3.8) is 0 Å². The molecule has 2 saturated carbocycles. The zero-order chi connectivity index (χ0) is 19.0. The average molecular weight is 400 g/mol. The molecule has 12 heteroatoms. The zero-order valence-electron chi connectivity index (χ0n) is 13.3. The van der Waals surface area contributed by atoms with Crippen molar-refractivity contribution in [2.75, 3.05) is 7.11 Å². The van der Waals surface area contributed by atoms with Gasteiger partial charge in [0.15, 0.2) is 0 Å². The van der Waals surface area contributed by atoms with Crippen molar-refractivity contribution in [2.24, 2.45) is 17.8 Å². The van der Waals surface area contributed by atoms with Crippen LogP contribution in [-0.4, -0.2) is 62.1 Å². The summed E-state index contributed by atoms with van der Waals surface area (Å²) in [5.74, 6) is -3.31. The van der Waals surface area contributed by atoms with Gasteiger partial charge in [0, 0.05) is 12.3 Å². The SMILES string of the molecule is COC(=O)C1CC2CC(OC=O)CC(S(=O)(=O)O)C2C(S(=O)(=O)O)C1. The number of esters is 1. The minimum Gasteiger partial charge on any atom is -0.469 e. The number of carbonyl (C=O) groups excluding carboxylic acids is 2. The lowest BCUT2D eigenvalue weighted by Crippen LogP contribution is -2.54. The predicted molar refractivity (Wildman–Crippen MR) is 82.6 cm³/mol. The third-order valence-electron chi connectivity index (χ3n) is 5.12. The topological polar surface area (TPSA) is 161 Å². The van der Waals surface area contributed by atoms with Crippen LogP contribution in [0.3, 0.4) is 0 Å². The highest BCUT2D eigenvalue weighted by Gasteiger charge is 2.55. The Hall–Kier alpha value is -1.24. The van der Waals surface area contributed by atoms with Gasteiger partial charge in [-0.05, 0) is 25.2 Å². The minimum absolute atomic E-state index is 0.105. The summed E-state index contributed by atoms with van der Waals surface area (Å²) in [7, 11) is -8.22. The summed E-state index contributed by atoms with van der Waals surface area (Å²) in [4.78, 5) is 22.4. The molecule has 6 unspecified atom stereocenters. The third-order valence-corrected chi connectivity index (χ3v) is 7.66. The van der Waals surface area contributed by atoms with Gasteiger partial charge in [0.1, 0.15) is 6.10 Å². The van der Waals surface area contributed by atoms with Crippen LogP contribution in [0.2, 0.25) is 0 Å². The van der Waals surface area contributed by atoms with E-state index in [-0.39, 0.29) is 32.2 Å². The summed E-state index contributed by atoms with van der Waals surface area (Å²) < 4.78 is 75.7. The summed E-state index contributed by atoms with van der Waals surface area (Å²) in [6.45, 7) is 0.146. The van der Waals surface area contributed by atoms with E-state index in [4.69, 9.17) is 4.74 Å². The molecule has 0 aromatic heterocycles. The highest BCUT2D eigenvalue weighted by molar-refractivity contribution is 7.87. The van der Waals surface area contributed by atoms with E-state index < -0.39 is 60.6 Å². The Kier molecular flexibility index (Phi) is 5.76. The smallest absolute Gasteiger partial charge is 0.308 e. The first-order chi connectivity index (χ1) is 11.5. The largest absolute Gasteiger partial charge is 0.469 e. The molecule has 0 aromatic carbocycles. The van der Waals surface area contributed by atoms with Gasteiger partial charge in [-0.3, -0.25) is 18.7 Å². The van der Waals surface area contributed by atoms with Gasteiger partial charge in [0.25, 0.3) is 26.7 Å². The number of carbonyl (C=O) groups is 2. The number of rotatable bonds is 5. The summed E-state index contributed by atoms with van der Waals surface area (Å²) in [5.41, 5.74) is 0. The van der Waals surface area contributed by atoms with Crippen molar-refractivity contribution >= 4 is 32.7 Å². The van der Waals surface area contributed by atoms with Gasteiger partial charge < -0.3 is 9.47 Å². The average Bonchev–Trinajstić information content (AvgIpc) is 2.50. The van der Waals surface area contributed by atoms with E-state index in [1.807, 2.05) is 0 Å². The molecule has 0 aliphatic heterocycles. The molecule has 0 aromatic rings. The van der Waals surface area contributed by atoms with Crippen LogP contribution in [0.25, 0.3) is 0 Å². The Morgan fingerprint density at radius 1 is 1.00 bits per heavy atom. The van der Waals surface area contributed by atoms with Crippen LogP contribution in [-0.2, 0) is 39.3 Å².